The number of carbonyl (C=O) groups is 1. The van der Waals surface area contributed by atoms with Gasteiger partial charge in [-0.2, -0.15) is 10.4 Å². The van der Waals surface area contributed by atoms with Crippen molar-refractivity contribution >= 4 is 17.7 Å². The standard InChI is InChI=1S/C18H14N4O2/c19-12-15(11-17-6-2-9-24-17)18(23)21-16-5-1-4-14(10-16)13-22-8-3-7-20-22/h1-11H,13H2,(H,21,23)/b15-11-. The fraction of sp³-hybridized carbons (Fsp3) is 0.0556. The molecule has 0 unspecified atom stereocenters. The Balaban J connectivity index is 1.73. The number of nitrogens with zero attached hydrogens (tertiary/aromatic N) is 3. The van der Waals surface area contributed by atoms with Gasteiger partial charge in [0, 0.05) is 24.2 Å². The van der Waals surface area contributed by atoms with E-state index in [1.165, 1.54) is 12.3 Å². The lowest BCUT2D eigenvalue weighted by molar-refractivity contribution is -0.112. The highest BCUT2D eigenvalue weighted by molar-refractivity contribution is 6.09. The number of rotatable bonds is 5. The summed E-state index contributed by atoms with van der Waals surface area (Å²) >= 11 is 0. The van der Waals surface area contributed by atoms with Crippen LogP contribution in [0.2, 0.25) is 0 Å². The maximum absolute atomic E-state index is 12.2. The van der Waals surface area contributed by atoms with Gasteiger partial charge in [0.1, 0.15) is 17.4 Å². The van der Waals surface area contributed by atoms with E-state index in [1.54, 1.807) is 29.1 Å². The lowest BCUT2D eigenvalue weighted by Gasteiger charge is -2.07. The number of hydrogen-bond donors (Lipinski definition) is 1. The van der Waals surface area contributed by atoms with Crippen LogP contribution in [0.4, 0.5) is 5.69 Å². The van der Waals surface area contributed by atoms with Crippen LogP contribution in [0.15, 0.2) is 71.1 Å². The molecule has 6 nitrogen and oxygen atoms in total. The summed E-state index contributed by atoms with van der Waals surface area (Å²) in [6.07, 6.45) is 6.47. The summed E-state index contributed by atoms with van der Waals surface area (Å²) in [6.45, 7) is 0.601. The highest BCUT2D eigenvalue weighted by Gasteiger charge is 2.10. The van der Waals surface area contributed by atoms with Crippen LogP contribution in [-0.2, 0) is 11.3 Å². The minimum absolute atomic E-state index is 0.0255. The summed E-state index contributed by atoms with van der Waals surface area (Å²) in [7, 11) is 0. The van der Waals surface area contributed by atoms with Gasteiger partial charge in [-0.1, -0.05) is 12.1 Å². The van der Waals surface area contributed by atoms with Gasteiger partial charge in [-0.05, 0) is 35.9 Å². The smallest absolute Gasteiger partial charge is 0.266 e. The van der Waals surface area contributed by atoms with E-state index in [9.17, 15) is 4.79 Å². The maximum Gasteiger partial charge on any atom is 0.266 e. The van der Waals surface area contributed by atoms with Crippen molar-refractivity contribution in [1.82, 2.24) is 9.78 Å². The van der Waals surface area contributed by atoms with Crippen molar-refractivity contribution in [2.75, 3.05) is 5.32 Å². The Hall–Kier alpha value is -3.59. The molecule has 0 aliphatic rings. The molecule has 1 aromatic carbocycles. The SMILES string of the molecule is N#C/C(=C/c1ccco1)C(=O)Nc1cccc(Cn2cccn2)c1. The van der Waals surface area contributed by atoms with Gasteiger partial charge in [0.05, 0.1) is 12.8 Å². The largest absolute Gasteiger partial charge is 0.465 e. The molecule has 1 N–H and O–H groups in total. The van der Waals surface area contributed by atoms with Gasteiger partial charge in [-0.25, -0.2) is 0 Å². The molecular formula is C18H14N4O2. The lowest BCUT2D eigenvalue weighted by atomic mass is 10.2. The molecule has 2 aromatic heterocycles. The Morgan fingerprint density at radius 1 is 1.33 bits per heavy atom. The number of aromatic nitrogens is 2. The van der Waals surface area contributed by atoms with Crippen molar-refractivity contribution in [3.8, 4) is 6.07 Å². The van der Waals surface area contributed by atoms with Crippen molar-refractivity contribution in [2.45, 2.75) is 6.54 Å². The van der Waals surface area contributed by atoms with Crippen molar-refractivity contribution in [1.29, 1.82) is 5.26 Å². The van der Waals surface area contributed by atoms with Crippen molar-refractivity contribution < 1.29 is 9.21 Å². The maximum atomic E-state index is 12.2. The van der Waals surface area contributed by atoms with Gasteiger partial charge >= 0.3 is 0 Å². The highest BCUT2D eigenvalue weighted by Crippen LogP contribution is 2.14. The van der Waals surface area contributed by atoms with E-state index in [1.807, 2.05) is 36.5 Å². The Bertz CT molecular complexity index is 888. The Morgan fingerprint density at radius 3 is 2.96 bits per heavy atom. The molecule has 118 valence electrons. The van der Waals surface area contributed by atoms with Crippen LogP contribution in [0.25, 0.3) is 6.08 Å². The van der Waals surface area contributed by atoms with E-state index < -0.39 is 5.91 Å². The van der Waals surface area contributed by atoms with Gasteiger partial charge in [0.25, 0.3) is 5.91 Å². The third-order valence-corrected chi connectivity index (χ3v) is 3.28. The minimum Gasteiger partial charge on any atom is -0.465 e. The number of furan rings is 1. The predicted molar refractivity (Wildman–Crippen MR) is 88.7 cm³/mol. The summed E-state index contributed by atoms with van der Waals surface area (Å²) in [4.78, 5) is 12.2. The van der Waals surface area contributed by atoms with Crippen LogP contribution < -0.4 is 5.32 Å². The quantitative estimate of drug-likeness (QED) is 0.579. The monoisotopic (exact) mass is 318 g/mol. The van der Waals surface area contributed by atoms with Crippen molar-refractivity contribution in [2.24, 2.45) is 0 Å². The van der Waals surface area contributed by atoms with Gasteiger partial charge in [-0.15, -0.1) is 0 Å². The zero-order chi connectivity index (χ0) is 16.8. The van der Waals surface area contributed by atoms with Crippen LogP contribution in [0, 0.1) is 11.3 Å². The number of nitriles is 1. The van der Waals surface area contributed by atoms with E-state index in [0.29, 0.717) is 18.0 Å². The minimum atomic E-state index is -0.481. The second-order valence-corrected chi connectivity index (χ2v) is 5.04. The first-order valence-electron chi connectivity index (χ1n) is 7.27. The van der Waals surface area contributed by atoms with Gasteiger partial charge < -0.3 is 9.73 Å². The molecule has 3 aromatic rings. The lowest BCUT2D eigenvalue weighted by Crippen LogP contribution is -2.13. The molecule has 0 saturated heterocycles. The first-order valence-corrected chi connectivity index (χ1v) is 7.27. The van der Waals surface area contributed by atoms with Crippen molar-refractivity contribution in [3.05, 3.63) is 78.0 Å². The van der Waals surface area contributed by atoms with Gasteiger partial charge in [0.15, 0.2) is 0 Å². The molecule has 0 bridgehead atoms. The number of anilines is 1. The normalized spacial score (nSPS) is 11.0. The molecule has 0 radical (unpaired) electrons. The van der Waals surface area contributed by atoms with E-state index in [-0.39, 0.29) is 5.57 Å². The van der Waals surface area contributed by atoms with E-state index in [0.717, 1.165) is 5.56 Å². The Labute approximate surface area is 138 Å². The van der Waals surface area contributed by atoms with E-state index in [4.69, 9.17) is 9.68 Å². The van der Waals surface area contributed by atoms with E-state index in [2.05, 4.69) is 10.4 Å². The topological polar surface area (TPSA) is 83.9 Å². The molecule has 0 atom stereocenters. The molecule has 2 heterocycles. The zero-order valence-electron chi connectivity index (χ0n) is 12.7. The Morgan fingerprint density at radius 2 is 2.25 bits per heavy atom. The first kappa shape index (κ1) is 15.3. The van der Waals surface area contributed by atoms with Crippen LogP contribution in [0.1, 0.15) is 11.3 Å². The summed E-state index contributed by atoms with van der Waals surface area (Å²) in [5.74, 6) is -0.0285. The molecule has 0 spiro atoms. The summed E-state index contributed by atoms with van der Waals surface area (Å²) < 4.78 is 6.92. The average Bonchev–Trinajstić information content (AvgIpc) is 3.26. The number of hydrogen-bond acceptors (Lipinski definition) is 4. The molecule has 0 aliphatic heterocycles. The predicted octanol–water partition coefficient (Wildman–Crippen LogP) is 3.07. The molecular weight excluding hydrogens is 304 g/mol. The average molecular weight is 318 g/mol. The fourth-order valence-corrected chi connectivity index (χ4v) is 2.19. The fourth-order valence-electron chi connectivity index (χ4n) is 2.19. The van der Waals surface area contributed by atoms with Crippen LogP contribution in [0.5, 0.6) is 0 Å². The molecule has 0 fully saturated rings. The third kappa shape index (κ3) is 3.78. The number of nitrogens with one attached hydrogen (secondary N) is 1. The van der Waals surface area contributed by atoms with Gasteiger partial charge in [-0.3, -0.25) is 9.48 Å². The van der Waals surface area contributed by atoms with Gasteiger partial charge in [0.2, 0.25) is 0 Å². The third-order valence-electron chi connectivity index (χ3n) is 3.28. The number of amides is 1. The highest BCUT2D eigenvalue weighted by atomic mass is 16.3. The zero-order valence-corrected chi connectivity index (χ0v) is 12.7. The van der Waals surface area contributed by atoms with Crippen molar-refractivity contribution in [3.63, 3.8) is 0 Å². The van der Waals surface area contributed by atoms with Crippen LogP contribution in [0.3, 0.4) is 0 Å². The molecule has 0 saturated carbocycles. The number of benzene rings is 1. The molecule has 3 rings (SSSR count). The first-order chi connectivity index (χ1) is 11.7. The number of carbonyl (C=O) groups excluding carboxylic acids is 1. The Kier molecular flexibility index (Phi) is 4.54. The molecule has 6 heteroatoms. The molecule has 24 heavy (non-hydrogen) atoms. The molecule has 1 amide bonds. The second kappa shape index (κ2) is 7.11. The second-order valence-electron chi connectivity index (χ2n) is 5.04. The van der Waals surface area contributed by atoms with Crippen LogP contribution in [-0.4, -0.2) is 15.7 Å². The summed E-state index contributed by atoms with van der Waals surface area (Å²) in [6, 6.07) is 14.5. The molecule has 0 aliphatic carbocycles. The van der Waals surface area contributed by atoms with Crippen LogP contribution >= 0.6 is 0 Å². The summed E-state index contributed by atoms with van der Waals surface area (Å²) in [5, 5.41) is 16.0. The van der Waals surface area contributed by atoms with E-state index >= 15 is 0 Å². The summed E-state index contributed by atoms with van der Waals surface area (Å²) in [5.41, 5.74) is 1.58.